The number of ether oxygens (including phenoxy) is 2. The van der Waals surface area contributed by atoms with Crippen molar-refractivity contribution in [2.24, 2.45) is 5.73 Å². The van der Waals surface area contributed by atoms with E-state index in [4.69, 9.17) is 15.2 Å². The van der Waals surface area contributed by atoms with E-state index in [-0.39, 0.29) is 5.91 Å². The Morgan fingerprint density at radius 3 is 2.68 bits per heavy atom. The van der Waals surface area contributed by atoms with Crippen molar-refractivity contribution in [2.45, 2.75) is 32.4 Å². The summed E-state index contributed by atoms with van der Waals surface area (Å²) in [5, 5.41) is 0. The fourth-order valence-corrected chi connectivity index (χ4v) is 3.80. The molecule has 3 aromatic rings. The third-order valence-corrected chi connectivity index (χ3v) is 5.69. The van der Waals surface area contributed by atoms with Gasteiger partial charge in [-0.25, -0.2) is 0 Å². The van der Waals surface area contributed by atoms with Crippen molar-refractivity contribution < 1.29 is 14.3 Å². The van der Waals surface area contributed by atoms with E-state index < -0.39 is 0 Å². The van der Waals surface area contributed by atoms with Gasteiger partial charge in [-0.1, -0.05) is 37.3 Å². The lowest BCUT2D eigenvalue weighted by Crippen LogP contribution is -2.23. The van der Waals surface area contributed by atoms with Crippen molar-refractivity contribution in [2.75, 3.05) is 18.6 Å². The van der Waals surface area contributed by atoms with Gasteiger partial charge in [0.05, 0.1) is 26.0 Å². The van der Waals surface area contributed by atoms with Crippen molar-refractivity contribution in [1.82, 2.24) is 4.98 Å². The zero-order valence-electron chi connectivity index (χ0n) is 17.9. The molecule has 31 heavy (non-hydrogen) atoms. The third kappa shape index (κ3) is 4.39. The lowest BCUT2D eigenvalue weighted by atomic mass is 9.98. The van der Waals surface area contributed by atoms with E-state index in [0.717, 1.165) is 17.7 Å². The molecule has 160 valence electrons. The summed E-state index contributed by atoms with van der Waals surface area (Å²) in [5.74, 6) is 1.60. The van der Waals surface area contributed by atoms with Gasteiger partial charge in [0.25, 0.3) is 5.91 Å². The van der Waals surface area contributed by atoms with Gasteiger partial charge in [0.1, 0.15) is 0 Å². The Labute approximate surface area is 182 Å². The molecule has 2 N–H and O–H groups in total. The topological polar surface area (TPSA) is 77.7 Å². The summed E-state index contributed by atoms with van der Waals surface area (Å²) in [4.78, 5) is 19.0. The van der Waals surface area contributed by atoms with Crippen LogP contribution in [0.3, 0.4) is 0 Å². The smallest absolute Gasteiger partial charge is 0.259 e. The Kier molecular flexibility index (Phi) is 6.18. The minimum Gasteiger partial charge on any atom is -0.493 e. The monoisotopic (exact) mass is 417 g/mol. The summed E-state index contributed by atoms with van der Waals surface area (Å²) in [6, 6.07) is 17.8. The molecule has 0 radical (unpaired) electrons. The molecule has 1 aliphatic heterocycles. The van der Waals surface area contributed by atoms with Gasteiger partial charge in [-0.3, -0.25) is 9.78 Å². The normalized spacial score (nSPS) is 13.8. The molecule has 0 saturated carbocycles. The number of benzene rings is 2. The molecule has 6 heteroatoms. The Bertz CT molecular complexity index is 1070. The zero-order chi connectivity index (χ0) is 21.8. The number of hydrogen-bond acceptors (Lipinski definition) is 5. The molecule has 2 aromatic carbocycles. The lowest BCUT2D eigenvalue weighted by Gasteiger charge is -2.19. The Hall–Kier alpha value is -3.38. The molecule has 1 atom stereocenters. The van der Waals surface area contributed by atoms with E-state index in [9.17, 15) is 4.79 Å². The molecule has 4 rings (SSSR count). The van der Waals surface area contributed by atoms with Gasteiger partial charge < -0.3 is 20.1 Å². The van der Waals surface area contributed by atoms with Crippen molar-refractivity contribution in [3.8, 4) is 11.5 Å². The predicted octanol–water partition coefficient (Wildman–Crippen LogP) is 4.28. The number of carbonyl (C=O) groups excluding carboxylic acids is 1. The highest BCUT2D eigenvalue weighted by Gasteiger charge is 2.29. The number of aromatic nitrogens is 1. The second-order valence-electron chi connectivity index (χ2n) is 7.71. The maximum atomic E-state index is 13.0. The summed E-state index contributed by atoms with van der Waals surface area (Å²) < 4.78 is 11.5. The van der Waals surface area contributed by atoms with Crippen molar-refractivity contribution in [1.29, 1.82) is 0 Å². The highest BCUT2D eigenvalue weighted by molar-refractivity contribution is 6.10. The molecule has 1 amide bonds. The highest BCUT2D eigenvalue weighted by atomic mass is 16.5. The van der Waals surface area contributed by atoms with Crippen LogP contribution in [0.1, 0.15) is 46.4 Å². The highest BCUT2D eigenvalue weighted by Crippen LogP contribution is 2.35. The van der Waals surface area contributed by atoms with Gasteiger partial charge in [-0.2, -0.15) is 0 Å². The molecule has 0 bridgehead atoms. The number of rotatable bonds is 8. The first kappa shape index (κ1) is 20.9. The molecule has 1 unspecified atom stereocenters. The second-order valence-corrected chi connectivity index (χ2v) is 7.71. The molecule has 1 aliphatic rings. The summed E-state index contributed by atoms with van der Waals surface area (Å²) in [7, 11) is 1.62. The number of nitrogens with zero attached hydrogens (tertiary/aromatic N) is 2. The summed E-state index contributed by atoms with van der Waals surface area (Å²) in [5.41, 5.74) is 10.00. The molecule has 0 saturated heterocycles. The maximum Gasteiger partial charge on any atom is 0.259 e. The molecule has 2 heterocycles. The van der Waals surface area contributed by atoms with Crippen LogP contribution in [0, 0.1) is 0 Å². The molecule has 0 aliphatic carbocycles. The SMILES string of the molecule is COc1ccc(N2Cc3cnc(CN)cc3C2=O)cc1OCCC(C)c1ccccc1. The minimum atomic E-state index is -0.0547. The van der Waals surface area contributed by atoms with Gasteiger partial charge in [-0.15, -0.1) is 0 Å². The minimum absolute atomic E-state index is 0.0547. The average Bonchev–Trinajstić information content (AvgIpc) is 3.15. The van der Waals surface area contributed by atoms with Crippen LogP contribution in [0.15, 0.2) is 60.8 Å². The number of amides is 1. The average molecular weight is 418 g/mol. The van der Waals surface area contributed by atoms with E-state index >= 15 is 0 Å². The van der Waals surface area contributed by atoms with E-state index in [1.54, 1.807) is 24.3 Å². The van der Waals surface area contributed by atoms with E-state index in [1.165, 1.54) is 5.56 Å². The van der Waals surface area contributed by atoms with Crippen molar-refractivity contribution >= 4 is 11.6 Å². The van der Waals surface area contributed by atoms with Gasteiger partial charge in [0, 0.05) is 35.6 Å². The van der Waals surface area contributed by atoms with Gasteiger partial charge in [0.15, 0.2) is 11.5 Å². The molecule has 1 aromatic heterocycles. The lowest BCUT2D eigenvalue weighted by molar-refractivity contribution is 0.0996. The molecule has 6 nitrogen and oxygen atoms in total. The second kappa shape index (κ2) is 9.18. The third-order valence-electron chi connectivity index (χ3n) is 5.69. The van der Waals surface area contributed by atoms with Gasteiger partial charge in [0.2, 0.25) is 0 Å². The Morgan fingerprint density at radius 2 is 1.94 bits per heavy atom. The van der Waals surface area contributed by atoms with E-state index in [2.05, 4.69) is 36.2 Å². The number of hydrogen-bond donors (Lipinski definition) is 1. The van der Waals surface area contributed by atoms with Gasteiger partial charge >= 0.3 is 0 Å². The van der Waals surface area contributed by atoms with Gasteiger partial charge in [-0.05, 0) is 36.1 Å². The number of carbonyl (C=O) groups is 1. The van der Waals surface area contributed by atoms with E-state index in [0.29, 0.717) is 48.4 Å². The van der Waals surface area contributed by atoms with Crippen LogP contribution in [0.4, 0.5) is 5.69 Å². The first-order valence-corrected chi connectivity index (χ1v) is 10.5. The predicted molar refractivity (Wildman–Crippen MR) is 121 cm³/mol. The fraction of sp³-hybridized carbons (Fsp3) is 0.280. The molecule has 0 spiro atoms. The number of fused-ring (bicyclic) bond motifs is 1. The molecular formula is C25H27N3O3. The largest absolute Gasteiger partial charge is 0.493 e. The number of anilines is 1. The fourth-order valence-electron chi connectivity index (χ4n) is 3.80. The summed E-state index contributed by atoms with van der Waals surface area (Å²) in [6.45, 7) is 3.52. The van der Waals surface area contributed by atoms with Crippen LogP contribution >= 0.6 is 0 Å². The number of pyridine rings is 1. The Balaban J connectivity index is 1.48. The number of methoxy groups -OCH3 is 1. The quantitative estimate of drug-likeness (QED) is 0.592. The zero-order valence-corrected chi connectivity index (χ0v) is 17.9. The first-order valence-electron chi connectivity index (χ1n) is 10.5. The van der Waals surface area contributed by atoms with Crippen LogP contribution in [0.2, 0.25) is 0 Å². The first-order chi connectivity index (χ1) is 15.1. The number of nitrogens with two attached hydrogens (primary N) is 1. The van der Waals surface area contributed by atoms with E-state index in [1.807, 2.05) is 24.3 Å². The standard InChI is InChI=1S/C25H27N3O3/c1-17(18-6-4-3-5-7-18)10-11-31-24-13-21(8-9-23(24)30-2)28-16-19-15-27-20(14-26)12-22(19)25(28)29/h3-9,12-13,15,17H,10-11,14,16,26H2,1-2H3. The molecule has 0 fully saturated rings. The van der Waals surface area contributed by atoms with Crippen molar-refractivity contribution in [3.63, 3.8) is 0 Å². The van der Waals surface area contributed by atoms with Crippen LogP contribution < -0.4 is 20.1 Å². The van der Waals surface area contributed by atoms with Crippen molar-refractivity contribution in [3.05, 3.63) is 83.2 Å². The van der Waals surface area contributed by atoms with Crippen LogP contribution in [-0.4, -0.2) is 24.6 Å². The summed E-state index contributed by atoms with van der Waals surface area (Å²) >= 11 is 0. The van der Waals surface area contributed by atoms with Crippen LogP contribution in [0.5, 0.6) is 11.5 Å². The van der Waals surface area contributed by atoms with Crippen LogP contribution in [0.25, 0.3) is 0 Å². The Morgan fingerprint density at radius 1 is 1.13 bits per heavy atom. The summed E-state index contributed by atoms with van der Waals surface area (Å²) in [6.07, 6.45) is 2.61. The maximum absolute atomic E-state index is 13.0. The molecular weight excluding hydrogens is 390 g/mol. The van der Waals surface area contributed by atoms with Crippen LogP contribution in [-0.2, 0) is 13.1 Å².